The van der Waals surface area contributed by atoms with Gasteiger partial charge in [-0.1, -0.05) is 20.3 Å². The summed E-state index contributed by atoms with van der Waals surface area (Å²) >= 11 is 0. The Morgan fingerprint density at radius 2 is 2.17 bits per heavy atom. The highest BCUT2D eigenvalue weighted by atomic mass is 16.1. The van der Waals surface area contributed by atoms with Crippen LogP contribution in [0.2, 0.25) is 0 Å². The van der Waals surface area contributed by atoms with E-state index in [1.807, 2.05) is 20.8 Å². The van der Waals surface area contributed by atoms with Crippen LogP contribution in [-0.2, 0) is 4.79 Å². The smallest absolute Gasteiger partial charge is 0.221 e. The minimum Gasteiger partial charge on any atom is -0.338 e. The molecule has 0 unspecified atom stereocenters. The molecule has 0 aromatic carbocycles. The fourth-order valence-corrected chi connectivity index (χ4v) is 3.51. The van der Waals surface area contributed by atoms with Crippen LogP contribution in [0, 0.1) is 35.0 Å². The Morgan fingerprint density at radius 1 is 1.44 bits per heavy atom. The van der Waals surface area contributed by atoms with Crippen molar-refractivity contribution in [3.05, 3.63) is 0 Å². The molecule has 1 amide bonds. The summed E-state index contributed by atoms with van der Waals surface area (Å²) in [5.74, 6) is 2.41. The third kappa shape index (κ3) is 2.53. The zero-order valence-electron chi connectivity index (χ0n) is 11.7. The number of fused-ring (bicyclic) bond motifs is 2. The number of carbonyl (C=O) groups is 1. The van der Waals surface area contributed by atoms with Gasteiger partial charge in [-0.15, -0.1) is 0 Å². The van der Waals surface area contributed by atoms with E-state index in [-0.39, 0.29) is 11.8 Å². The van der Waals surface area contributed by atoms with Crippen molar-refractivity contribution in [2.45, 2.75) is 58.4 Å². The van der Waals surface area contributed by atoms with E-state index in [0.29, 0.717) is 12.3 Å². The van der Waals surface area contributed by atoms with Crippen LogP contribution in [0.15, 0.2) is 0 Å². The van der Waals surface area contributed by atoms with Gasteiger partial charge in [0.05, 0.1) is 6.07 Å². The van der Waals surface area contributed by atoms with E-state index in [4.69, 9.17) is 0 Å². The molecular weight excluding hydrogens is 224 g/mol. The van der Waals surface area contributed by atoms with Gasteiger partial charge in [0.1, 0.15) is 5.54 Å². The summed E-state index contributed by atoms with van der Waals surface area (Å²) < 4.78 is 0. The molecule has 4 atom stereocenters. The van der Waals surface area contributed by atoms with E-state index in [1.165, 1.54) is 25.7 Å². The van der Waals surface area contributed by atoms with Crippen molar-refractivity contribution >= 4 is 5.91 Å². The number of amides is 1. The van der Waals surface area contributed by atoms with Crippen LogP contribution in [0.4, 0.5) is 0 Å². The van der Waals surface area contributed by atoms with Crippen LogP contribution < -0.4 is 5.32 Å². The Balaban J connectivity index is 1.88. The molecular formula is C15H24N2O. The van der Waals surface area contributed by atoms with Crippen molar-refractivity contribution in [1.82, 2.24) is 5.32 Å². The molecule has 2 bridgehead atoms. The van der Waals surface area contributed by atoms with E-state index in [1.54, 1.807) is 0 Å². The highest BCUT2D eigenvalue weighted by Gasteiger charge is 2.41. The summed E-state index contributed by atoms with van der Waals surface area (Å²) in [4.78, 5) is 12.1. The second kappa shape index (κ2) is 4.91. The molecule has 18 heavy (non-hydrogen) atoms. The Hall–Kier alpha value is -1.04. The van der Waals surface area contributed by atoms with Crippen molar-refractivity contribution in [2.24, 2.45) is 23.7 Å². The summed E-state index contributed by atoms with van der Waals surface area (Å²) in [6.45, 7) is 5.76. The molecule has 0 heterocycles. The standard InChI is InChI=1S/C15H24N2O/c1-10(2)15(3,9-16)17-14(18)8-13-7-11-4-5-12(13)6-11/h10-13H,4-8H2,1-3H3,(H,17,18)/t11-,12-,13-,15+/m0/s1. The maximum Gasteiger partial charge on any atom is 0.221 e. The number of carbonyl (C=O) groups excluding carboxylic acids is 1. The lowest BCUT2D eigenvalue weighted by Crippen LogP contribution is -2.49. The van der Waals surface area contributed by atoms with Crippen LogP contribution in [0.25, 0.3) is 0 Å². The lowest BCUT2D eigenvalue weighted by atomic mass is 9.85. The monoisotopic (exact) mass is 248 g/mol. The molecule has 0 aromatic rings. The molecule has 2 saturated carbocycles. The third-order valence-corrected chi connectivity index (χ3v) is 5.12. The summed E-state index contributed by atoms with van der Waals surface area (Å²) in [6, 6.07) is 2.24. The van der Waals surface area contributed by atoms with Gasteiger partial charge < -0.3 is 5.32 Å². The number of nitrogens with one attached hydrogen (secondary N) is 1. The van der Waals surface area contributed by atoms with Crippen molar-refractivity contribution in [1.29, 1.82) is 5.26 Å². The molecule has 2 fully saturated rings. The highest BCUT2D eigenvalue weighted by Crippen LogP contribution is 2.49. The molecule has 100 valence electrons. The molecule has 0 spiro atoms. The molecule has 1 N–H and O–H groups in total. The van der Waals surface area contributed by atoms with Crippen LogP contribution >= 0.6 is 0 Å². The Kier molecular flexibility index (Phi) is 3.66. The van der Waals surface area contributed by atoms with Gasteiger partial charge >= 0.3 is 0 Å². The van der Waals surface area contributed by atoms with Crippen molar-refractivity contribution in [2.75, 3.05) is 0 Å². The van der Waals surface area contributed by atoms with Gasteiger partial charge in [-0.05, 0) is 49.9 Å². The van der Waals surface area contributed by atoms with E-state index in [2.05, 4.69) is 11.4 Å². The molecule has 0 aliphatic heterocycles. The molecule has 3 nitrogen and oxygen atoms in total. The van der Waals surface area contributed by atoms with Crippen molar-refractivity contribution < 1.29 is 4.79 Å². The van der Waals surface area contributed by atoms with Crippen molar-refractivity contribution in [3.8, 4) is 6.07 Å². The zero-order chi connectivity index (χ0) is 13.3. The van der Waals surface area contributed by atoms with Gasteiger partial charge in [-0.25, -0.2) is 0 Å². The van der Waals surface area contributed by atoms with E-state index in [9.17, 15) is 10.1 Å². The van der Waals surface area contributed by atoms with E-state index in [0.717, 1.165) is 11.8 Å². The molecule has 2 aliphatic carbocycles. The quantitative estimate of drug-likeness (QED) is 0.831. The average Bonchev–Trinajstić information content (AvgIpc) is 2.90. The largest absolute Gasteiger partial charge is 0.338 e. The van der Waals surface area contributed by atoms with Gasteiger partial charge in [0, 0.05) is 6.42 Å². The van der Waals surface area contributed by atoms with Crippen LogP contribution in [0.3, 0.4) is 0 Å². The maximum atomic E-state index is 12.1. The number of nitrogens with zero attached hydrogens (tertiary/aromatic N) is 1. The minimum absolute atomic E-state index is 0.0605. The average molecular weight is 248 g/mol. The van der Waals surface area contributed by atoms with Crippen LogP contribution in [0.5, 0.6) is 0 Å². The molecule has 0 aromatic heterocycles. The van der Waals surface area contributed by atoms with Crippen molar-refractivity contribution in [3.63, 3.8) is 0 Å². The predicted octanol–water partition coefficient (Wildman–Crippen LogP) is 2.87. The fourth-order valence-electron chi connectivity index (χ4n) is 3.51. The van der Waals surface area contributed by atoms with Crippen LogP contribution in [0.1, 0.15) is 52.9 Å². The topological polar surface area (TPSA) is 52.9 Å². The Morgan fingerprint density at radius 3 is 2.61 bits per heavy atom. The molecule has 2 aliphatic rings. The summed E-state index contributed by atoms with van der Waals surface area (Å²) in [6.07, 6.45) is 5.85. The first-order valence-electron chi connectivity index (χ1n) is 7.17. The molecule has 3 heteroatoms. The second-order valence-electron chi connectivity index (χ2n) is 6.66. The van der Waals surface area contributed by atoms with E-state index >= 15 is 0 Å². The lowest BCUT2D eigenvalue weighted by Gasteiger charge is -2.29. The second-order valence-corrected chi connectivity index (χ2v) is 6.66. The van der Waals surface area contributed by atoms with Crippen LogP contribution in [-0.4, -0.2) is 11.4 Å². The predicted molar refractivity (Wildman–Crippen MR) is 70.6 cm³/mol. The first-order chi connectivity index (χ1) is 8.44. The molecule has 0 saturated heterocycles. The van der Waals surface area contributed by atoms with Gasteiger partial charge in [0.2, 0.25) is 5.91 Å². The summed E-state index contributed by atoms with van der Waals surface area (Å²) in [5.41, 5.74) is -0.727. The van der Waals surface area contributed by atoms with E-state index < -0.39 is 5.54 Å². The lowest BCUT2D eigenvalue weighted by molar-refractivity contribution is -0.124. The van der Waals surface area contributed by atoms with Gasteiger partial charge in [-0.2, -0.15) is 5.26 Å². The number of nitriles is 1. The highest BCUT2D eigenvalue weighted by molar-refractivity contribution is 5.77. The summed E-state index contributed by atoms with van der Waals surface area (Å²) in [5, 5.41) is 12.1. The Labute approximate surface area is 110 Å². The normalized spacial score (nSPS) is 33.2. The number of hydrogen-bond donors (Lipinski definition) is 1. The minimum atomic E-state index is -0.727. The third-order valence-electron chi connectivity index (χ3n) is 5.12. The molecule has 2 rings (SSSR count). The molecule has 0 radical (unpaired) electrons. The zero-order valence-corrected chi connectivity index (χ0v) is 11.7. The SMILES string of the molecule is CC(C)[C@@](C)(C#N)NC(=O)C[C@@H]1C[C@H]2CC[C@H]1C2. The first-order valence-corrected chi connectivity index (χ1v) is 7.17. The maximum absolute atomic E-state index is 12.1. The Bertz CT molecular complexity index is 371. The van der Waals surface area contributed by atoms with Gasteiger partial charge in [0.25, 0.3) is 0 Å². The fraction of sp³-hybridized carbons (Fsp3) is 0.867. The van der Waals surface area contributed by atoms with Gasteiger partial charge in [0.15, 0.2) is 0 Å². The first kappa shape index (κ1) is 13.4. The number of rotatable bonds is 4. The number of hydrogen-bond acceptors (Lipinski definition) is 2. The summed E-state index contributed by atoms with van der Waals surface area (Å²) in [7, 11) is 0. The van der Waals surface area contributed by atoms with Gasteiger partial charge in [-0.3, -0.25) is 4.79 Å².